The average Bonchev–Trinajstić information content (AvgIpc) is 3.23. The molecule has 138 valence electrons. The van der Waals surface area contributed by atoms with Crippen molar-refractivity contribution in [2.24, 2.45) is 18.0 Å². The van der Waals surface area contributed by atoms with Crippen molar-refractivity contribution in [3.63, 3.8) is 0 Å². The van der Waals surface area contributed by atoms with Crippen molar-refractivity contribution in [2.75, 3.05) is 13.6 Å². The third kappa shape index (κ3) is 5.33. The number of hydrogen-bond donors (Lipinski definition) is 2. The highest BCUT2D eigenvalue weighted by Gasteiger charge is 2.14. The number of aromatic nitrogens is 2. The van der Waals surface area contributed by atoms with Crippen LogP contribution in [0.3, 0.4) is 0 Å². The molecule has 0 atom stereocenters. The molecule has 0 spiro atoms. The molecule has 1 heterocycles. The number of para-hydroxylation sites is 2. The first-order chi connectivity index (χ1) is 11.8. The Morgan fingerprint density at radius 1 is 1.24 bits per heavy atom. The number of benzene rings is 1. The maximum absolute atomic E-state index is 4.68. The minimum absolute atomic E-state index is 0. The predicted octanol–water partition coefficient (Wildman–Crippen LogP) is 3.83. The zero-order valence-electron chi connectivity index (χ0n) is 15.3. The summed E-state index contributed by atoms with van der Waals surface area (Å²) in [5.74, 6) is 2.83. The van der Waals surface area contributed by atoms with Gasteiger partial charge in [0.15, 0.2) is 5.96 Å². The molecule has 1 aromatic carbocycles. The number of guanidine groups is 1. The number of rotatable bonds is 6. The maximum Gasteiger partial charge on any atom is 0.191 e. The predicted molar refractivity (Wildman–Crippen MR) is 116 cm³/mol. The molecular weight excluding hydrogens is 425 g/mol. The van der Waals surface area contributed by atoms with Crippen LogP contribution >= 0.6 is 24.0 Å². The molecule has 0 amide bonds. The lowest BCUT2D eigenvalue weighted by molar-refractivity contribution is 0.481. The van der Waals surface area contributed by atoms with Crippen LogP contribution in [0.2, 0.25) is 0 Å². The van der Waals surface area contributed by atoms with Gasteiger partial charge in [-0.2, -0.15) is 0 Å². The first kappa shape index (κ1) is 20.0. The van der Waals surface area contributed by atoms with E-state index in [2.05, 4.69) is 44.4 Å². The van der Waals surface area contributed by atoms with Crippen LogP contribution in [-0.4, -0.2) is 29.1 Å². The standard InChI is InChI=1S/C19H29N5.HI/c1-20-19(21-13-7-10-15-8-3-4-9-15)22-14-18-23-16-11-5-6-12-17(16)24(18)2;/h5-6,11-12,15H,3-4,7-10,13-14H2,1-2H3,(H2,20,21,22);1H. The molecule has 0 radical (unpaired) electrons. The quantitative estimate of drug-likeness (QED) is 0.301. The normalized spacial score (nSPS) is 15.4. The number of fused-ring (bicyclic) bond motifs is 1. The Kier molecular flexibility index (Phi) is 7.99. The van der Waals surface area contributed by atoms with Crippen molar-refractivity contribution < 1.29 is 0 Å². The van der Waals surface area contributed by atoms with E-state index in [0.717, 1.165) is 35.3 Å². The molecule has 1 fully saturated rings. The van der Waals surface area contributed by atoms with Crippen LogP contribution in [0.15, 0.2) is 29.3 Å². The van der Waals surface area contributed by atoms with E-state index in [1.807, 2.05) is 19.2 Å². The van der Waals surface area contributed by atoms with Crippen LogP contribution < -0.4 is 10.6 Å². The Bertz CT molecular complexity index is 688. The molecule has 5 nitrogen and oxygen atoms in total. The third-order valence-corrected chi connectivity index (χ3v) is 5.07. The van der Waals surface area contributed by atoms with E-state index in [4.69, 9.17) is 0 Å². The van der Waals surface area contributed by atoms with Crippen molar-refractivity contribution in [2.45, 2.75) is 45.1 Å². The Labute approximate surface area is 167 Å². The maximum atomic E-state index is 4.68. The molecule has 0 aliphatic heterocycles. The van der Waals surface area contributed by atoms with Gasteiger partial charge < -0.3 is 15.2 Å². The number of nitrogens with one attached hydrogen (secondary N) is 2. The number of imidazole rings is 1. The lowest BCUT2D eigenvalue weighted by Gasteiger charge is -2.13. The summed E-state index contributed by atoms with van der Waals surface area (Å²) in [6.45, 7) is 1.66. The Hall–Kier alpha value is -1.31. The second-order valence-corrected chi connectivity index (χ2v) is 6.72. The highest BCUT2D eigenvalue weighted by Crippen LogP contribution is 2.28. The summed E-state index contributed by atoms with van der Waals surface area (Å²) in [7, 11) is 3.88. The molecule has 2 aromatic rings. The minimum Gasteiger partial charge on any atom is -0.356 e. The van der Waals surface area contributed by atoms with Crippen molar-refractivity contribution >= 4 is 41.0 Å². The molecule has 6 heteroatoms. The second-order valence-electron chi connectivity index (χ2n) is 6.72. The van der Waals surface area contributed by atoms with Crippen LogP contribution in [0.5, 0.6) is 0 Å². The largest absolute Gasteiger partial charge is 0.356 e. The summed E-state index contributed by atoms with van der Waals surface area (Å²) in [6, 6.07) is 8.22. The van der Waals surface area contributed by atoms with Crippen LogP contribution in [-0.2, 0) is 13.6 Å². The van der Waals surface area contributed by atoms with E-state index in [0.29, 0.717) is 6.54 Å². The van der Waals surface area contributed by atoms with Crippen LogP contribution in [0.1, 0.15) is 44.3 Å². The molecule has 1 aliphatic carbocycles. The summed E-state index contributed by atoms with van der Waals surface area (Å²) < 4.78 is 2.13. The summed E-state index contributed by atoms with van der Waals surface area (Å²) >= 11 is 0. The van der Waals surface area contributed by atoms with Gasteiger partial charge in [0, 0.05) is 20.6 Å². The van der Waals surface area contributed by atoms with Gasteiger partial charge >= 0.3 is 0 Å². The van der Waals surface area contributed by atoms with Gasteiger partial charge in [-0.1, -0.05) is 37.8 Å². The highest BCUT2D eigenvalue weighted by atomic mass is 127. The second kappa shape index (κ2) is 9.99. The summed E-state index contributed by atoms with van der Waals surface area (Å²) in [6.07, 6.45) is 8.28. The number of aliphatic imine (C=N–C) groups is 1. The van der Waals surface area contributed by atoms with Crippen LogP contribution in [0.25, 0.3) is 11.0 Å². The van der Waals surface area contributed by atoms with E-state index in [-0.39, 0.29) is 24.0 Å². The first-order valence-corrected chi connectivity index (χ1v) is 9.13. The Balaban J connectivity index is 0.00000225. The van der Waals surface area contributed by atoms with Crippen molar-refractivity contribution in [1.29, 1.82) is 0 Å². The van der Waals surface area contributed by atoms with E-state index in [1.165, 1.54) is 38.5 Å². The van der Waals surface area contributed by atoms with Gasteiger partial charge in [-0.3, -0.25) is 4.99 Å². The van der Waals surface area contributed by atoms with Gasteiger partial charge in [0.1, 0.15) is 5.82 Å². The van der Waals surface area contributed by atoms with E-state index in [1.54, 1.807) is 0 Å². The fourth-order valence-corrected chi connectivity index (χ4v) is 3.63. The lowest BCUT2D eigenvalue weighted by atomic mass is 10.0. The minimum atomic E-state index is 0. The van der Waals surface area contributed by atoms with Crippen molar-refractivity contribution in [3.05, 3.63) is 30.1 Å². The van der Waals surface area contributed by atoms with E-state index in [9.17, 15) is 0 Å². The summed E-state index contributed by atoms with van der Waals surface area (Å²) in [5.41, 5.74) is 2.20. The summed E-state index contributed by atoms with van der Waals surface area (Å²) in [5, 5.41) is 6.79. The van der Waals surface area contributed by atoms with Gasteiger partial charge in [-0.25, -0.2) is 4.98 Å². The van der Waals surface area contributed by atoms with Crippen LogP contribution in [0.4, 0.5) is 0 Å². The van der Waals surface area contributed by atoms with Crippen molar-refractivity contribution in [3.8, 4) is 0 Å². The van der Waals surface area contributed by atoms with E-state index >= 15 is 0 Å². The fourth-order valence-electron chi connectivity index (χ4n) is 3.63. The molecule has 0 saturated heterocycles. The van der Waals surface area contributed by atoms with Gasteiger partial charge in [0.25, 0.3) is 0 Å². The van der Waals surface area contributed by atoms with Crippen molar-refractivity contribution in [1.82, 2.24) is 20.2 Å². The smallest absolute Gasteiger partial charge is 0.191 e. The molecule has 2 N–H and O–H groups in total. The summed E-state index contributed by atoms with van der Waals surface area (Å²) in [4.78, 5) is 9.00. The molecule has 1 saturated carbocycles. The number of halogens is 1. The number of nitrogens with zero attached hydrogens (tertiary/aromatic N) is 3. The molecular formula is C19H30IN5. The average molecular weight is 455 g/mol. The van der Waals surface area contributed by atoms with Gasteiger partial charge in [0.05, 0.1) is 17.6 Å². The number of aryl methyl sites for hydroxylation is 1. The van der Waals surface area contributed by atoms with Gasteiger partial charge in [0.2, 0.25) is 0 Å². The fraction of sp³-hybridized carbons (Fsp3) is 0.579. The molecule has 1 aromatic heterocycles. The molecule has 0 bridgehead atoms. The van der Waals surface area contributed by atoms with E-state index < -0.39 is 0 Å². The Morgan fingerprint density at radius 3 is 2.72 bits per heavy atom. The lowest BCUT2D eigenvalue weighted by Crippen LogP contribution is -2.37. The third-order valence-electron chi connectivity index (χ3n) is 5.07. The highest BCUT2D eigenvalue weighted by molar-refractivity contribution is 14.0. The van der Waals surface area contributed by atoms with Gasteiger partial charge in [-0.15, -0.1) is 24.0 Å². The monoisotopic (exact) mass is 455 g/mol. The topological polar surface area (TPSA) is 54.2 Å². The zero-order valence-corrected chi connectivity index (χ0v) is 17.6. The molecule has 0 unspecified atom stereocenters. The van der Waals surface area contributed by atoms with Gasteiger partial charge in [-0.05, 0) is 30.9 Å². The molecule has 25 heavy (non-hydrogen) atoms. The van der Waals surface area contributed by atoms with Crippen LogP contribution in [0, 0.1) is 5.92 Å². The number of hydrogen-bond acceptors (Lipinski definition) is 2. The Morgan fingerprint density at radius 2 is 2.00 bits per heavy atom. The molecule has 3 rings (SSSR count). The zero-order chi connectivity index (χ0) is 16.8. The first-order valence-electron chi connectivity index (χ1n) is 9.13. The SMILES string of the molecule is CN=C(NCCCC1CCCC1)NCc1nc2ccccc2n1C.I. The molecule has 1 aliphatic rings.